The maximum absolute atomic E-state index is 6.04. The van der Waals surface area contributed by atoms with Crippen molar-refractivity contribution >= 4 is 11.4 Å². The van der Waals surface area contributed by atoms with Crippen LogP contribution in [0.1, 0.15) is 0 Å². The van der Waals surface area contributed by atoms with Gasteiger partial charge in [-0.2, -0.15) is 0 Å². The van der Waals surface area contributed by atoms with E-state index in [9.17, 15) is 0 Å². The topological polar surface area (TPSA) is 126 Å². The third kappa shape index (κ3) is 12.0. The van der Waals surface area contributed by atoms with E-state index < -0.39 is 0 Å². The van der Waals surface area contributed by atoms with Crippen LogP contribution in [0.15, 0.2) is 12.1 Å². The highest BCUT2D eigenvalue weighted by Crippen LogP contribution is 2.37. The SMILES string of the molecule is COCCOCCOCCOc1ccc(N)c(N)c1OCCOCCOCCOC. The molecule has 0 radical (unpaired) electrons. The maximum atomic E-state index is 6.04. The fraction of sp³-hybridized carbons (Fsp3) is 0.700. The Balaban J connectivity index is 2.25. The van der Waals surface area contributed by atoms with E-state index in [0.717, 1.165) is 0 Å². The van der Waals surface area contributed by atoms with E-state index in [2.05, 4.69) is 0 Å². The number of hydrogen-bond acceptors (Lipinski definition) is 10. The number of nitrogen functional groups attached to an aromatic ring is 2. The zero-order valence-corrected chi connectivity index (χ0v) is 18.1. The van der Waals surface area contributed by atoms with E-state index in [-0.39, 0.29) is 0 Å². The summed E-state index contributed by atoms with van der Waals surface area (Å²) in [6, 6.07) is 3.40. The maximum Gasteiger partial charge on any atom is 0.186 e. The molecule has 0 heterocycles. The molecule has 0 aliphatic carbocycles. The summed E-state index contributed by atoms with van der Waals surface area (Å²) in [6.07, 6.45) is 0. The summed E-state index contributed by atoms with van der Waals surface area (Å²) in [5.41, 5.74) is 12.7. The monoisotopic (exact) mass is 432 g/mol. The van der Waals surface area contributed by atoms with E-state index in [0.29, 0.717) is 102 Å². The summed E-state index contributed by atoms with van der Waals surface area (Å²) in [5.74, 6) is 0.905. The molecule has 0 aliphatic rings. The Morgan fingerprint density at radius 1 is 0.567 bits per heavy atom. The number of hydrogen-bond donors (Lipinski definition) is 2. The van der Waals surface area contributed by atoms with Gasteiger partial charge in [0.1, 0.15) is 18.9 Å². The second kappa shape index (κ2) is 18.0. The van der Waals surface area contributed by atoms with Crippen molar-refractivity contribution in [3.8, 4) is 11.5 Å². The molecule has 0 bridgehead atoms. The van der Waals surface area contributed by atoms with Gasteiger partial charge in [-0.1, -0.05) is 0 Å². The average Bonchev–Trinajstić information content (AvgIpc) is 2.75. The number of nitrogens with two attached hydrogens (primary N) is 2. The van der Waals surface area contributed by atoms with Crippen LogP contribution in [-0.2, 0) is 28.4 Å². The number of rotatable bonds is 20. The third-order valence-electron chi connectivity index (χ3n) is 3.76. The van der Waals surface area contributed by atoms with Crippen molar-refractivity contribution in [3.63, 3.8) is 0 Å². The summed E-state index contributed by atoms with van der Waals surface area (Å²) in [5, 5.41) is 0. The molecular formula is C20H36N2O8. The minimum absolute atomic E-state index is 0.303. The molecule has 0 aliphatic heterocycles. The Labute approximate surface area is 178 Å². The van der Waals surface area contributed by atoms with Gasteiger partial charge in [0.05, 0.1) is 71.8 Å². The normalized spacial score (nSPS) is 11.0. The largest absolute Gasteiger partial charge is 0.487 e. The van der Waals surface area contributed by atoms with Crippen LogP contribution in [0.3, 0.4) is 0 Å². The lowest BCUT2D eigenvalue weighted by atomic mass is 10.2. The van der Waals surface area contributed by atoms with Crippen LogP contribution in [0.25, 0.3) is 0 Å². The van der Waals surface area contributed by atoms with Crippen molar-refractivity contribution < 1.29 is 37.9 Å². The van der Waals surface area contributed by atoms with Crippen molar-refractivity contribution in [2.24, 2.45) is 0 Å². The predicted molar refractivity (Wildman–Crippen MR) is 113 cm³/mol. The molecule has 0 saturated heterocycles. The van der Waals surface area contributed by atoms with Crippen LogP contribution in [0, 0.1) is 0 Å². The van der Waals surface area contributed by atoms with Crippen molar-refractivity contribution in [2.75, 3.05) is 105 Å². The number of benzene rings is 1. The van der Waals surface area contributed by atoms with Gasteiger partial charge in [0.25, 0.3) is 0 Å². The molecule has 10 heteroatoms. The van der Waals surface area contributed by atoms with Crippen molar-refractivity contribution in [3.05, 3.63) is 12.1 Å². The Kier molecular flexibility index (Phi) is 15.7. The molecule has 1 rings (SSSR count). The molecule has 1 aromatic rings. The highest BCUT2D eigenvalue weighted by Gasteiger charge is 2.12. The van der Waals surface area contributed by atoms with Gasteiger partial charge in [0.2, 0.25) is 0 Å². The number of methoxy groups -OCH3 is 2. The molecule has 0 unspecified atom stereocenters. The van der Waals surface area contributed by atoms with Gasteiger partial charge in [-0.15, -0.1) is 0 Å². The van der Waals surface area contributed by atoms with Crippen LogP contribution in [0.5, 0.6) is 11.5 Å². The fourth-order valence-corrected chi connectivity index (χ4v) is 2.20. The molecule has 0 saturated carbocycles. The third-order valence-corrected chi connectivity index (χ3v) is 3.76. The fourth-order valence-electron chi connectivity index (χ4n) is 2.20. The molecular weight excluding hydrogens is 396 g/mol. The van der Waals surface area contributed by atoms with E-state index in [1.807, 2.05) is 0 Å². The van der Waals surface area contributed by atoms with Crippen LogP contribution >= 0.6 is 0 Å². The molecule has 30 heavy (non-hydrogen) atoms. The van der Waals surface area contributed by atoms with E-state index in [1.54, 1.807) is 26.4 Å². The summed E-state index contributed by atoms with van der Waals surface area (Å²) in [4.78, 5) is 0. The van der Waals surface area contributed by atoms with Gasteiger partial charge < -0.3 is 49.4 Å². The molecule has 174 valence electrons. The van der Waals surface area contributed by atoms with Gasteiger partial charge in [0, 0.05) is 14.2 Å². The van der Waals surface area contributed by atoms with Gasteiger partial charge in [-0.05, 0) is 12.1 Å². The lowest BCUT2D eigenvalue weighted by molar-refractivity contribution is 0.0160. The minimum Gasteiger partial charge on any atom is -0.487 e. The molecule has 0 aromatic heterocycles. The lowest BCUT2D eigenvalue weighted by Crippen LogP contribution is -2.15. The molecule has 0 fully saturated rings. The summed E-state index contributed by atoms with van der Waals surface area (Å²) in [6.45, 7) is 5.60. The first-order valence-corrected chi connectivity index (χ1v) is 9.93. The van der Waals surface area contributed by atoms with Crippen molar-refractivity contribution in [2.45, 2.75) is 0 Å². The highest BCUT2D eigenvalue weighted by molar-refractivity contribution is 5.74. The highest BCUT2D eigenvalue weighted by atomic mass is 16.6. The smallest absolute Gasteiger partial charge is 0.186 e. The Morgan fingerprint density at radius 2 is 1.00 bits per heavy atom. The Morgan fingerprint density at radius 3 is 1.50 bits per heavy atom. The predicted octanol–water partition coefficient (Wildman–Crippen LogP) is 0.968. The Hall–Kier alpha value is -1.82. The molecule has 0 atom stereocenters. The van der Waals surface area contributed by atoms with Gasteiger partial charge in [-0.3, -0.25) is 0 Å². The summed E-state index contributed by atoms with van der Waals surface area (Å²) < 4.78 is 42.8. The average molecular weight is 433 g/mol. The number of anilines is 2. The van der Waals surface area contributed by atoms with Crippen molar-refractivity contribution in [1.29, 1.82) is 0 Å². The quantitative estimate of drug-likeness (QED) is 0.227. The molecule has 10 nitrogen and oxygen atoms in total. The zero-order valence-electron chi connectivity index (χ0n) is 18.1. The van der Waals surface area contributed by atoms with Gasteiger partial charge in [0.15, 0.2) is 11.5 Å². The van der Waals surface area contributed by atoms with Gasteiger partial charge >= 0.3 is 0 Å². The molecule has 1 aromatic carbocycles. The number of ether oxygens (including phenoxy) is 8. The standard InChI is InChI=1S/C20H36N2O8/c1-23-5-7-25-9-11-27-13-15-29-18-4-3-17(21)19(22)20(18)30-16-14-28-12-10-26-8-6-24-2/h3-4H,5-16,21-22H2,1-2H3. The second-order valence-electron chi connectivity index (χ2n) is 6.03. The van der Waals surface area contributed by atoms with Crippen LogP contribution in [0.4, 0.5) is 11.4 Å². The summed E-state index contributed by atoms with van der Waals surface area (Å²) >= 11 is 0. The van der Waals surface area contributed by atoms with E-state index in [1.165, 1.54) is 0 Å². The first kappa shape index (κ1) is 26.2. The second-order valence-corrected chi connectivity index (χ2v) is 6.03. The van der Waals surface area contributed by atoms with Crippen LogP contribution in [-0.4, -0.2) is 93.5 Å². The first-order chi connectivity index (χ1) is 14.7. The van der Waals surface area contributed by atoms with Crippen molar-refractivity contribution in [1.82, 2.24) is 0 Å². The molecule has 0 spiro atoms. The van der Waals surface area contributed by atoms with E-state index in [4.69, 9.17) is 49.4 Å². The van der Waals surface area contributed by atoms with Gasteiger partial charge in [-0.25, -0.2) is 0 Å². The summed E-state index contributed by atoms with van der Waals surface area (Å²) in [7, 11) is 3.26. The van der Waals surface area contributed by atoms with E-state index >= 15 is 0 Å². The zero-order chi connectivity index (χ0) is 21.9. The van der Waals surface area contributed by atoms with Crippen LogP contribution in [0.2, 0.25) is 0 Å². The van der Waals surface area contributed by atoms with Crippen LogP contribution < -0.4 is 20.9 Å². The first-order valence-electron chi connectivity index (χ1n) is 9.93. The lowest BCUT2D eigenvalue weighted by Gasteiger charge is -2.16. The minimum atomic E-state index is 0.303. The molecule has 4 N–H and O–H groups in total. The molecule has 0 amide bonds. The Bertz CT molecular complexity index is 548.